The minimum Gasteiger partial charge on any atom is -0.507 e. The first-order chi connectivity index (χ1) is 17.4. The zero-order valence-corrected chi connectivity index (χ0v) is 19.8. The highest BCUT2D eigenvalue weighted by Gasteiger charge is 2.21. The number of phenols is 1. The van der Waals surface area contributed by atoms with Gasteiger partial charge in [-0.2, -0.15) is 0 Å². The summed E-state index contributed by atoms with van der Waals surface area (Å²) in [7, 11) is 0. The largest absolute Gasteiger partial charge is 0.507 e. The first-order valence-corrected chi connectivity index (χ1v) is 11.4. The van der Waals surface area contributed by atoms with Gasteiger partial charge in [-0.05, 0) is 47.5 Å². The summed E-state index contributed by atoms with van der Waals surface area (Å²) >= 11 is 6.00. The van der Waals surface area contributed by atoms with Crippen LogP contribution in [0, 0.1) is 0 Å². The van der Waals surface area contributed by atoms with Gasteiger partial charge in [0, 0.05) is 10.6 Å². The molecule has 4 aromatic carbocycles. The second-order valence-corrected chi connectivity index (χ2v) is 8.35. The van der Waals surface area contributed by atoms with Crippen molar-refractivity contribution >= 4 is 29.3 Å². The molecule has 6 nitrogen and oxygen atoms in total. The van der Waals surface area contributed by atoms with Crippen molar-refractivity contribution in [3.05, 3.63) is 135 Å². The molecule has 0 aliphatic rings. The van der Waals surface area contributed by atoms with Crippen LogP contribution in [0.15, 0.2) is 97.1 Å². The van der Waals surface area contributed by atoms with E-state index in [-0.39, 0.29) is 46.2 Å². The fourth-order valence-electron chi connectivity index (χ4n) is 3.45. The number of carbonyl (C=O) groups is 3. The Morgan fingerprint density at radius 2 is 1.11 bits per heavy atom. The first kappa shape index (κ1) is 24.7. The third kappa shape index (κ3) is 6.17. The van der Waals surface area contributed by atoms with Crippen LogP contribution < -0.4 is 0 Å². The van der Waals surface area contributed by atoms with Gasteiger partial charge in [-0.1, -0.05) is 72.3 Å². The van der Waals surface area contributed by atoms with Crippen LogP contribution in [0.2, 0.25) is 5.02 Å². The average Bonchev–Trinajstić information content (AvgIpc) is 2.92. The van der Waals surface area contributed by atoms with Gasteiger partial charge in [0.05, 0.1) is 16.7 Å². The number of phenolic OH excluding ortho intramolecular Hbond substituents is 1. The minimum absolute atomic E-state index is 0.00612. The number of ketones is 1. The van der Waals surface area contributed by atoms with Gasteiger partial charge < -0.3 is 14.6 Å². The first-order valence-electron chi connectivity index (χ1n) is 11.0. The molecule has 0 aliphatic carbocycles. The summed E-state index contributed by atoms with van der Waals surface area (Å²) in [4.78, 5) is 38.9. The van der Waals surface area contributed by atoms with E-state index < -0.39 is 17.7 Å². The van der Waals surface area contributed by atoms with Crippen molar-refractivity contribution in [1.82, 2.24) is 0 Å². The molecule has 1 N–H and O–H groups in total. The Hall–Kier alpha value is -4.42. The van der Waals surface area contributed by atoms with Crippen molar-refractivity contribution in [1.29, 1.82) is 0 Å². The molecule has 0 bridgehead atoms. The van der Waals surface area contributed by atoms with Gasteiger partial charge in [0.1, 0.15) is 19.0 Å². The summed E-state index contributed by atoms with van der Waals surface area (Å²) in [6.45, 7) is 0.0292. The maximum atomic E-state index is 13.2. The van der Waals surface area contributed by atoms with E-state index in [2.05, 4.69) is 0 Å². The smallest absolute Gasteiger partial charge is 0.338 e. The SMILES string of the molecule is O=C(OCc1ccccc1)c1cc(C(=O)OCc2ccccc2)cc(C(=O)c2cc(Cl)ccc2O)c1. The monoisotopic (exact) mass is 500 g/mol. The highest BCUT2D eigenvalue weighted by atomic mass is 35.5. The summed E-state index contributed by atoms with van der Waals surface area (Å²) in [5.41, 5.74) is 1.47. The highest BCUT2D eigenvalue weighted by molar-refractivity contribution is 6.31. The van der Waals surface area contributed by atoms with Crippen LogP contribution in [-0.2, 0) is 22.7 Å². The van der Waals surface area contributed by atoms with E-state index in [1.165, 1.54) is 36.4 Å². The van der Waals surface area contributed by atoms with Crippen LogP contribution in [0.5, 0.6) is 5.75 Å². The summed E-state index contributed by atoms with van der Waals surface area (Å²) in [6.07, 6.45) is 0. The van der Waals surface area contributed by atoms with Crippen LogP contribution in [0.4, 0.5) is 0 Å². The van der Waals surface area contributed by atoms with Crippen LogP contribution in [-0.4, -0.2) is 22.8 Å². The van der Waals surface area contributed by atoms with Gasteiger partial charge in [-0.3, -0.25) is 4.79 Å². The summed E-state index contributed by atoms with van der Waals surface area (Å²) in [6, 6.07) is 26.2. The molecule has 4 aromatic rings. The number of halogens is 1. The van der Waals surface area contributed by atoms with Crippen molar-refractivity contribution in [2.24, 2.45) is 0 Å². The normalized spacial score (nSPS) is 10.5. The topological polar surface area (TPSA) is 89.9 Å². The van der Waals surface area contributed by atoms with Crippen LogP contribution >= 0.6 is 11.6 Å². The third-order valence-electron chi connectivity index (χ3n) is 5.30. The van der Waals surface area contributed by atoms with Gasteiger partial charge in [-0.25, -0.2) is 9.59 Å². The number of hydrogen-bond donors (Lipinski definition) is 1. The Balaban J connectivity index is 1.64. The molecule has 180 valence electrons. The lowest BCUT2D eigenvalue weighted by atomic mass is 9.98. The van der Waals surface area contributed by atoms with E-state index in [0.29, 0.717) is 0 Å². The zero-order valence-electron chi connectivity index (χ0n) is 19.0. The number of esters is 2. The zero-order chi connectivity index (χ0) is 25.5. The molecule has 0 saturated heterocycles. The molecule has 0 aromatic heterocycles. The van der Waals surface area contributed by atoms with Gasteiger partial charge >= 0.3 is 11.9 Å². The number of ether oxygens (including phenoxy) is 2. The van der Waals surface area contributed by atoms with Crippen molar-refractivity contribution in [3.63, 3.8) is 0 Å². The summed E-state index contributed by atoms with van der Waals surface area (Å²) < 4.78 is 10.8. The number of rotatable bonds is 8. The molecule has 0 atom stereocenters. The van der Waals surface area contributed by atoms with E-state index in [9.17, 15) is 19.5 Å². The molecule has 4 rings (SSSR count). The molecule has 0 fully saturated rings. The molecule has 0 unspecified atom stereocenters. The van der Waals surface area contributed by atoms with Crippen molar-refractivity contribution in [2.45, 2.75) is 13.2 Å². The molecule has 0 saturated carbocycles. The number of aromatic hydroxyl groups is 1. The van der Waals surface area contributed by atoms with Crippen molar-refractivity contribution in [2.75, 3.05) is 0 Å². The van der Waals surface area contributed by atoms with Gasteiger partial charge in [0.2, 0.25) is 0 Å². The average molecular weight is 501 g/mol. The Morgan fingerprint density at radius 3 is 1.61 bits per heavy atom. The molecule has 0 amide bonds. The molecule has 0 radical (unpaired) electrons. The molecule has 0 aliphatic heterocycles. The highest BCUT2D eigenvalue weighted by Crippen LogP contribution is 2.26. The second-order valence-electron chi connectivity index (χ2n) is 7.91. The standard InChI is InChI=1S/C29H21ClO6/c30-24-11-12-26(31)25(16-24)27(32)21-13-22(28(33)35-17-19-7-3-1-4-8-19)15-23(14-21)29(34)36-18-20-9-5-2-6-10-20/h1-16,31H,17-18H2. The number of carbonyl (C=O) groups excluding carboxylic acids is 3. The molecule has 0 spiro atoms. The minimum atomic E-state index is -0.721. The molecule has 36 heavy (non-hydrogen) atoms. The quantitative estimate of drug-likeness (QED) is 0.236. The lowest BCUT2D eigenvalue weighted by Crippen LogP contribution is -2.13. The fourth-order valence-corrected chi connectivity index (χ4v) is 3.63. The van der Waals surface area contributed by atoms with Crippen LogP contribution in [0.1, 0.15) is 47.8 Å². The lowest BCUT2D eigenvalue weighted by molar-refractivity contribution is 0.0470. The summed E-state index contributed by atoms with van der Waals surface area (Å²) in [5.74, 6) is -2.35. The Bertz CT molecular complexity index is 1330. The van der Waals surface area contributed by atoms with E-state index in [1.807, 2.05) is 60.7 Å². The Kier molecular flexibility index (Phi) is 7.78. The maximum Gasteiger partial charge on any atom is 0.338 e. The molecular formula is C29H21ClO6. The Morgan fingerprint density at radius 1 is 0.639 bits per heavy atom. The maximum absolute atomic E-state index is 13.2. The Labute approximate surface area is 212 Å². The third-order valence-corrected chi connectivity index (χ3v) is 5.53. The van der Waals surface area contributed by atoms with E-state index in [0.717, 1.165) is 11.1 Å². The predicted octanol–water partition coefficient (Wildman–Crippen LogP) is 5.99. The fraction of sp³-hybridized carbons (Fsp3) is 0.0690. The predicted molar refractivity (Wildman–Crippen MR) is 134 cm³/mol. The van der Waals surface area contributed by atoms with Crippen molar-refractivity contribution < 1.29 is 29.0 Å². The van der Waals surface area contributed by atoms with E-state index >= 15 is 0 Å². The second kappa shape index (κ2) is 11.3. The molecule has 7 heteroatoms. The van der Waals surface area contributed by atoms with E-state index in [4.69, 9.17) is 21.1 Å². The number of benzene rings is 4. The van der Waals surface area contributed by atoms with E-state index in [1.54, 1.807) is 0 Å². The van der Waals surface area contributed by atoms with Crippen LogP contribution in [0.25, 0.3) is 0 Å². The number of hydrogen-bond acceptors (Lipinski definition) is 6. The molecular weight excluding hydrogens is 480 g/mol. The molecule has 0 heterocycles. The summed E-state index contributed by atoms with van der Waals surface area (Å²) in [5, 5.41) is 10.4. The van der Waals surface area contributed by atoms with Gasteiger partial charge in [0.15, 0.2) is 5.78 Å². The van der Waals surface area contributed by atoms with Gasteiger partial charge in [-0.15, -0.1) is 0 Å². The van der Waals surface area contributed by atoms with Crippen LogP contribution in [0.3, 0.4) is 0 Å². The lowest BCUT2D eigenvalue weighted by Gasteiger charge is -2.11. The van der Waals surface area contributed by atoms with Gasteiger partial charge in [0.25, 0.3) is 0 Å². The van der Waals surface area contributed by atoms with Crippen molar-refractivity contribution in [3.8, 4) is 5.75 Å².